The van der Waals surface area contributed by atoms with Gasteiger partial charge in [-0.25, -0.2) is 9.79 Å². The van der Waals surface area contributed by atoms with Crippen molar-refractivity contribution in [1.82, 2.24) is 0 Å². The van der Waals surface area contributed by atoms with Crippen LogP contribution in [0.3, 0.4) is 0 Å². The third-order valence-corrected chi connectivity index (χ3v) is 4.78. The molecular formula is C18H25IN2O2. The van der Waals surface area contributed by atoms with E-state index in [2.05, 4.69) is 54.9 Å². The Bertz CT molecular complexity index is 648. The summed E-state index contributed by atoms with van der Waals surface area (Å²) in [5, 5.41) is 0. The number of benzene rings is 1. The topological polar surface area (TPSA) is 41.9 Å². The fourth-order valence-electron chi connectivity index (χ4n) is 2.23. The minimum Gasteiger partial charge on any atom is -0.466 e. The van der Waals surface area contributed by atoms with Crippen LogP contribution in [0.4, 0.5) is 5.69 Å². The van der Waals surface area contributed by atoms with E-state index in [9.17, 15) is 4.79 Å². The van der Waals surface area contributed by atoms with Crippen LogP contribution in [-0.4, -0.2) is 18.9 Å². The van der Waals surface area contributed by atoms with Gasteiger partial charge in [-0.15, -0.1) is 0 Å². The van der Waals surface area contributed by atoms with E-state index in [0.717, 1.165) is 17.2 Å². The molecule has 0 aliphatic carbocycles. The quantitative estimate of drug-likeness (QED) is 0.170. The number of aryl methyl sites for hydroxylation is 2. The standard InChI is InChI=1S/C18H25IN2O2/c1-11(2)17(14(5)18(22)23-7)20-15(6)21(19)16-10-12(3)8-9-13(16)4/h8-11H,1-7H3/b17-14+,20-15+. The number of carbonyl (C=O) groups is 1. The molecule has 0 bridgehead atoms. The zero-order valence-corrected chi connectivity index (χ0v) is 17.1. The van der Waals surface area contributed by atoms with Crippen molar-refractivity contribution < 1.29 is 9.53 Å². The van der Waals surface area contributed by atoms with Crippen LogP contribution in [0.5, 0.6) is 0 Å². The Hall–Kier alpha value is -1.37. The molecule has 5 heteroatoms. The first-order valence-electron chi connectivity index (χ1n) is 7.56. The lowest BCUT2D eigenvalue weighted by Crippen LogP contribution is -2.19. The molecule has 0 radical (unpaired) electrons. The van der Waals surface area contributed by atoms with Gasteiger partial charge < -0.3 is 4.74 Å². The molecule has 0 spiro atoms. The average molecular weight is 428 g/mol. The predicted molar refractivity (Wildman–Crippen MR) is 105 cm³/mol. The second kappa shape index (κ2) is 8.47. The number of methoxy groups -OCH3 is 1. The maximum absolute atomic E-state index is 11.8. The van der Waals surface area contributed by atoms with Crippen LogP contribution in [0, 0.1) is 19.8 Å². The van der Waals surface area contributed by atoms with Gasteiger partial charge in [0.15, 0.2) is 0 Å². The molecule has 0 saturated carbocycles. The summed E-state index contributed by atoms with van der Waals surface area (Å²) in [6.45, 7) is 11.9. The molecule has 0 saturated heterocycles. The molecule has 0 aromatic heterocycles. The van der Waals surface area contributed by atoms with Crippen molar-refractivity contribution in [2.45, 2.75) is 41.5 Å². The normalized spacial score (nSPS) is 13.0. The second-order valence-electron chi connectivity index (χ2n) is 5.89. The lowest BCUT2D eigenvalue weighted by atomic mass is 10.1. The maximum atomic E-state index is 11.8. The summed E-state index contributed by atoms with van der Waals surface area (Å²) < 4.78 is 6.84. The van der Waals surface area contributed by atoms with E-state index in [0.29, 0.717) is 5.57 Å². The monoisotopic (exact) mass is 428 g/mol. The zero-order valence-electron chi connectivity index (χ0n) is 14.9. The second-order valence-corrected chi connectivity index (χ2v) is 6.85. The highest BCUT2D eigenvalue weighted by Gasteiger charge is 2.16. The highest BCUT2D eigenvalue weighted by Crippen LogP contribution is 2.26. The van der Waals surface area contributed by atoms with Gasteiger partial charge in [0, 0.05) is 0 Å². The number of amidine groups is 1. The van der Waals surface area contributed by atoms with Gasteiger partial charge in [0.1, 0.15) is 5.84 Å². The molecule has 4 nitrogen and oxygen atoms in total. The number of hydrogen-bond acceptors (Lipinski definition) is 3. The number of aliphatic imine (C=N–C) groups is 1. The van der Waals surface area contributed by atoms with Crippen molar-refractivity contribution in [3.05, 3.63) is 40.6 Å². The molecule has 0 heterocycles. The van der Waals surface area contributed by atoms with Gasteiger partial charge >= 0.3 is 5.97 Å². The number of nitrogens with zero attached hydrogens (tertiary/aromatic N) is 2. The van der Waals surface area contributed by atoms with Gasteiger partial charge in [-0.05, 0) is 50.8 Å². The molecule has 0 aliphatic heterocycles. The minimum atomic E-state index is -0.336. The lowest BCUT2D eigenvalue weighted by molar-refractivity contribution is -0.136. The Morgan fingerprint density at radius 3 is 2.39 bits per heavy atom. The number of ether oxygens (including phenoxy) is 1. The summed E-state index contributed by atoms with van der Waals surface area (Å²) in [6, 6.07) is 6.33. The number of anilines is 1. The van der Waals surface area contributed by atoms with Gasteiger partial charge in [-0.3, -0.25) is 3.11 Å². The SMILES string of the molecule is COC(=O)/C(C)=C(/N=C(\C)N(I)c1cc(C)ccc1C)C(C)C. The van der Waals surface area contributed by atoms with Crippen molar-refractivity contribution in [2.75, 3.05) is 10.2 Å². The molecule has 23 heavy (non-hydrogen) atoms. The molecule has 1 aromatic rings. The molecule has 126 valence electrons. The van der Waals surface area contributed by atoms with Crippen LogP contribution in [0.1, 0.15) is 38.8 Å². The van der Waals surface area contributed by atoms with Gasteiger partial charge in [0.2, 0.25) is 0 Å². The number of allylic oxidation sites excluding steroid dienone is 1. The van der Waals surface area contributed by atoms with E-state index in [1.807, 2.05) is 23.9 Å². The molecule has 0 atom stereocenters. The number of hydrogen-bond donors (Lipinski definition) is 0. The smallest absolute Gasteiger partial charge is 0.335 e. The van der Waals surface area contributed by atoms with Crippen molar-refractivity contribution in [1.29, 1.82) is 0 Å². The van der Waals surface area contributed by atoms with E-state index < -0.39 is 0 Å². The van der Waals surface area contributed by atoms with Crippen LogP contribution in [-0.2, 0) is 9.53 Å². The largest absolute Gasteiger partial charge is 0.466 e. The van der Waals surface area contributed by atoms with E-state index in [1.165, 1.54) is 18.2 Å². The molecular weight excluding hydrogens is 403 g/mol. The van der Waals surface area contributed by atoms with Crippen molar-refractivity contribution in [3.63, 3.8) is 0 Å². The summed E-state index contributed by atoms with van der Waals surface area (Å²) >= 11 is 2.25. The summed E-state index contributed by atoms with van der Waals surface area (Å²) in [5.74, 6) is 0.621. The van der Waals surface area contributed by atoms with E-state index >= 15 is 0 Å². The minimum absolute atomic E-state index is 0.132. The van der Waals surface area contributed by atoms with Crippen molar-refractivity contribution in [3.8, 4) is 0 Å². The van der Waals surface area contributed by atoms with Crippen LogP contribution in [0.25, 0.3) is 0 Å². The fourth-order valence-corrected chi connectivity index (χ4v) is 2.85. The maximum Gasteiger partial charge on any atom is 0.335 e. The van der Waals surface area contributed by atoms with Crippen LogP contribution >= 0.6 is 22.9 Å². The molecule has 0 amide bonds. The van der Waals surface area contributed by atoms with Crippen LogP contribution in [0.2, 0.25) is 0 Å². The van der Waals surface area contributed by atoms with E-state index in [-0.39, 0.29) is 11.9 Å². The first-order chi connectivity index (χ1) is 10.7. The van der Waals surface area contributed by atoms with Gasteiger partial charge in [0.05, 0.1) is 46.9 Å². The van der Waals surface area contributed by atoms with Crippen LogP contribution in [0.15, 0.2) is 34.5 Å². The number of rotatable bonds is 4. The van der Waals surface area contributed by atoms with E-state index in [1.54, 1.807) is 6.92 Å². The van der Waals surface area contributed by atoms with E-state index in [4.69, 9.17) is 9.73 Å². The van der Waals surface area contributed by atoms with Crippen molar-refractivity contribution >= 4 is 40.4 Å². The fraction of sp³-hybridized carbons (Fsp3) is 0.444. The molecule has 0 fully saturated rings. The Balaban J connectivity index is 3.28. The van der Waals surface area contributed by atoms with Gasteiger partial charge in [0.25, 0.3) is 0 Å². The third-order valence-electron chi connectivity index (χ3n) is 3.57. The lowest BCUT2D eigenvalue weighted by Gasteiger charge is -2.20. The van der Waals surface area contributed by atoms with Crippen molar-refractivity contribution in [2.24, 2.45) is 10.9 Å². The predicted octanol–water partition coefficient (Wildman–Crippen LogP) is 4.98. The summed E-state index contributed by atoms with van der Waals surface area (Å²) in [4.78, 5) is 16.5. The number of carbonyl (C=O) groups excluding carboxylic acids is 1. The first kappa shape index (κ1) is 19.7. The molecule has 1 aromatic carbocycles. The van der Waals surface area contributed by atoms with Gasteiger partial charge in [-0.1, -0.05) is 26.0 Å². The molecule has 1 rings (SSSR count). The molecule has 0 N–H and O–H groups in total. The van der Waals surface area contributed by atoms with Gasteiger partial charge in [-0.2, -0.15) is 0 Å². The number of esters is 1. The highest BCUT2D eigenvalue weighted by atomic mass is 127. The average Bonchev–Trinajstić information content (AvgIpc) is 2.52. The summed E-state index contributed by atoms with van der Waals surface area (Å²) in [7, 11) is 1.39. The summed E-state index contributed by atoms with van der Waals surface area (Å²) in [6.07, 6.45) is 0. The zero-order chi connectivity index (χ0) is 17.7. The highest BCUT2D eigenvalue weighted by molar-refractivity contribution is 14.1. The Morgan fingerprint density at radius 2 is 1.87 bits per heavy atom. The Morgan fingerprint density at radius 1 is 1.26 bits per heavy atom. The van der Waals surface area contributed by atoms with Crippen LogP contribution < -0.4 is 3.11 Å². The molecule has 0 unspecified atom stereocenters. The Labute approximate surface area is 153 Å². The molecule has 0 aliphatic rings. The Kier molecular flexibility index (Phi) is 7.25. The number of halogens is 1. The third kappa shape index (κ3) is 5.06. The first-order valence-corrected chi connectivity index (χ1v) is 8.53. The summed E-state index contributed by atoms with van der Waals surface area (Å²) in [5.41, 5.74) is 4.78.